The van der Waals surface area contributed by atoms with Crippen molar-refractivity contribution in [3.8, 4) is 11.3 Å². The van der Waals surface area contributed by atoms with Crippen LogP contribution in [0.1, 0.15) is 18.4 Å². The zero-order valence-electron chi connectivity index (χ0n) is 15.3. The molecule has 1 aliphatic rings. The van der Waals surface area contributed by atoms with Crippen molar-refractivity contribution in [1.82, 2.24) is 15.6 Å². The molecule has 0 aliphatic carbocycles. The van der Waals surface area contributed by atoms with Gasteiger partial charge in [-0.25, -0.2) is 13.2 Å². The number of fused-ring (bicyclic) bond motifs is 1. The lowest BCUT2D eigenvalue weighted by atomic mass is 10.0. The fourth-order valence-electron chi connectivity index (χ4n) is 3.66. The molecule has 1 aromatic heterocycles. The van der Waals surface area contributed by atoms with Crippen molar-refractivity contribution in [3.63, 3.8) is 0 Å². The van der Waals surface area contributed by atoms with Gasteiger partial charge in [0, 0.05) is 35.7 Å². The maximum Gasteiger partial charge on any atom is 0.242 e. The standard InChI is InChI=1S/C21H18F3N3O2/c22-12-3-1-2-11(8-12)19-14(15-9-13(23)10-16(24)20(15)27-19)4-5-18(28)26-17-6-7-25-21(17)29/h1-3,8-10,17,27H,4-7H2,(H,25,29)(H,26,28). The molecular weight excluding hydrogens is 383 g/mol. The molecule has 3 N–H and O–H groups in total. The monoisotopic (exact) mass is 401 g/mol. The summed E-state index contributed by atoms with van der Waals surface area (Å²) in [6.07, 6.45) is 0.689. The fraction of sp³-hybridized carbons (Fsp3) is 0.238. The van der Waals surface area contributed by atoms with Gasteiger partial charge in [0.25, 0.3) is 0 Å². The van der Waals surface area contributed by atoms with E-state index in [2.05, 4.69) is 15.6 Å². The number of amides is 2. The minimum atomic E-state index is -0.768. The van der Waals surface area contributed by atoms with Crippen LogP contribution in [-0.4, -0.2) is 29.4 Å². The summed E-state index contributed by atoms with van der Waals surface area (Å²) in [6.45, 7) is 0.508. The SMILES string of the molecule is O=C(CCc1c(-c2cccc(F)c2)[nH]c2c(F)cc(F)cc12)NC1CCNC1=O. The molecule has 5 nitrogen and oxygen atoms in total. The van der Waals surface area contributed by atoms with E-state index in [-0.39, 0.29) is 30.2 Å². The predicted octanol–water partition coefficient (Wildman–Crippen LogP) is 3.19. The molecule has 2 aromatic carbocycles. The lowest BCUT2D eigenvalue weighted by Gasteiger charge is -2.10. The van der Waals surface area contributed by atoms with Gasteiger partial charge in [-0.2, -0.15) is 0 Å². The van der Waals surface area contributed by atoms with Crippen molar-refractivity contribution in [2.45, 2.75) is 25.3 Å². The third-order valence-electron chi connectivity index (χ3n) is 5.03. The highest BCUT2D eigenvalue weighted by molar-refractivity contribution is 5.92. The van der Waals surface area contributed by atoms with Crippen LogP contribution >= 0.6 is 0 Å². The van der Waals surface area contributed by atoms with E-state index < -0.39 is 23.5 Å². The van der Waals surface area contributed by atoms with Gasteiger partial charge in [0.05, 0.1) is 5.52 Å². The number of hydrogen-bond donors (Lipinski definition) is 3. The van der Waals surface area contributed by atoms with Crippen molar-refractivity contribution in [3.05, 3.63) is 59.4 Å². The first-order valence-electron chi connectivity index (χ1n) is 9.25. The number of benzene rings is 2. The van der Waals surface area contributed by atoms with Gasteiger partial charge < -0.3 is 15.6 Å². The van der Waals surface area contributed by atoms with Crippen molar-refractivity contribution < 1.29 is 22.8 Å². The zero-order chi connectivity index (χ0) is 20.5. The van der Waals surface area contributed by atoms with Gasteiger partial charge in [0.2, 0.25) is 11.8 Å². The van der Waals surface area contributed by atoms with E-state index in [4.69, 9.17) is 0 Å². The number of carbonyl (C=O) groups is 2. The van der Waals surface area contributed by atoms with E-state index in [0.717, 1.165) is 6.07 Å². The van der Waals surface area contributed by atoms with Gasteiger partial charge in [0.1, 0.15) is 23.5 Å². The molecule has 0 bridgehead atoms. The second kappa shape index (κ2) is 7.62. The van der Waals surface area contributed by atoms with Gasteiger partial charge in [0.15, 0.2) is 0 Å². The second-order valence-electron chi connectivity index (χ2n) is 7.00. The molecule has 4 rings (SSSR count). The predicted molar refractivity (Wildman–Crippen MR) is 101 cm³/mol. The number of carbonyl (C=O) groups excluding carboxylic acids is 2. The van der Waals surface area contributed by atoms with Crippen molar-refractivity contribution >= 4 is 22.7 Å². The minimum Gasteiger partial charge on any atom is -0.354 e. The van der Waals surface area contributed by atoms with E-state index in [1.165, 1.54) is 24.3 Å². The number of aromatic amines is 1. The Morgan fingerprint density at radius 3 is 2.69 bits per heavy atom. The third-order valence-corrected chi connectivity index (χ3v) is 5.03. The first kappa shape index (κ1) is 19.0. The van der Waals surface area contributed by atoms with Crippen LogP contribution in [0.15, 0.2) is 36.4 Å². The average molecular weight is 401 g/mol. The van der Waals surface area contributed by atoms with Gasteiger partial charge in [-0.05, 0) is 36.6 Å². The Hall–Kier alpha value is -3.29. The summed E-state index contributed by atoms with van der Waals surface area (Å²) in [4.78, 5) is 26.8. The topological polar surface area (TPSA) is 74.0 Å². The average Bonchev–Trinajstić information content (AvgIpc) is 3.24. The summed E-state index contributed by atoms with van der Waals surface area (Å²) in [6, 6.07) is 7.12. The van der Waals surface area contributed by atoms with E-state index in [1.807, 2.05) is 0 Å². The lowest BCUT2D eigenvalue weighted by molar-refractivity contribution is -0.127. The second-order valence-corrected chi connectivity index (χ2v) is 7.00. The highest BCUT2D eigenvalue weighted by Gasteiger charge is 2.26. The molecule has 0 radical (unpaired) electrons. The molecule has 3 aromatic rings. The molecule has 29 heavy (non-hydrogen) atoms. The van der Waals surface area contributed by atoms with Crippen LogP contribution < -0.4 is 10.6 Å². The Labute approximate surface area is 164 Å². The molecule has 150 valence electrons. The molecule has 1 atom stereocenters. The van der Waals surface area contributed by atoms with Crippen molar-refractivity contribution in [2.24, 2.45) is 0 Å². The van der Waals surface area contributed by atoms with Gasteiger partial charge in [-0.15, -0.1) is 0 Å². The molecular formula is C21H18F3N3O2. The molecule has 0 spiro atoms. The molecule has 0 saturated carbocycles. The molecule has 1 saturated heterocycles. The molecule has 2 heterocycles. The summed E-state index contributed by atoms with van der Waals surface area (Å²) in [5.41, 5.74) is 1.49. The number of rotatable bonds is 5. The molecule has 1 fully saturated rings. The lowest BCUT2D eigenvalue weighted by Crippen LogP contribution is -2.40. The summed E-state index contributed by atoms with van der Waals surface area (Å²) in [5, 5.41) is 5.60. The number of aryl methyl sites for hydroxylation is 1. The van der Waals surface area contributed by atoms with Gasteiger partial charge in [-0.3, -0.25) is 9.59 Å². The van der Waals surface area contributed by atoms with Gasteiger partial charge in [-0.1, -0.05) is 12.1 Å². The first-order valence-corrected chi connectivity index (χ1v) is 9.25. The van der Waals surface area contributed by atoms with Crippen LogP contribution in [0.2, 0.25) is 0 Å². The quantitative estimate of drug-likeness (QED) is 0.614. The molecule has 1 aliphatic heterocycles. The Kier molecular flexibility index (Phi) is 5.00. The van der Waals surface area contributed by atoms with E-state index in [9.17, 15) is 22.8 Å². The van der Waals surface area contributed by atoms with Crippen LogP contribution in [0.5, 0.6) is 0 Å². The summed E-state index contributed by atoms with van der Waals surface area (Å²) >= 11 is 0. The number of nitrogens with one attached hydrogen (secondary N) is 3. The number of halogens is 3. The summed E-state index contributed by atoms with van der Waals surface area (Å²) in [5.74, 6) is -2.55. The van der Waals surface area contributed by atoms with Crippen LogP contribution in [0.3, 0.4) is 0 Å². The van der Waals surface area contributed by atoms with Crippen LogP contribution in [0.25, 0.3) is 22.2 Å². The van der Waals surface area contributed by atoms with E-state index >= 15 is 0 Å². The smallest absolute Gasteiger partial charge is 0.242 e. The van der Waals surface area contributed by atoms with E-state index in [1.54, 1.807) is 6.07 Å². The first-order chi connectivity index (χ1) is 13.9. The number of aromatic nitrogens is 1. The van der Waals surface area contributed by atoms with Crippen LogP contribution in [0.4, 0.5) is 13.2 Å². The Balaban J connectivity index is 1.67. The van der Waals surface area contributed by atoms with Gasteiger partial charge >= 0.3 is 0 Å². The number of H-pyrrole nitrogens is 1. The van der Waals surface area contributed by atoms with Crippen LogP contribution in [-0.2, 0) is 16.0 Å². The highest BCUT2D eigenvalue weighted by atomic mass is 19.1. The zero-order valence-corrected chi connectivity index (χ0v) is 15.3. The minimum absolute atomic E-state index is 0.0111. The largest absolute Gasteiger partial charge is 0.354 e. The Morgan fingerprint density at radius 2 is 1.97 bits per heavy atom. The number of hydrogen-bond acceptors (Lipinski definition) is 2. The van der Waals surface area contributed by atoms with Crippen LogP contribution in [0, 0.1) is 17.5 Å². The summed E-state index contributed by atoms with van der Waals surface area (Å²) < 4.78 is 41.8. The normalized spacial score (nSPS) is 16.2. The van der Waals surface area contributed by atoms with Crippen molar-refractivity contribution in [1.29, 1.82) is 0 Å². The highest BCUT2D eigenvalue weighted by Crippen LogP contribution is 2.33. The third kappa shape index (κ3) is 3.83. The maximum atomic E-state index is 14.3. The molecule has 2 amide bonds. The Bertz CT molecular complexity index is 1110. The maximum absolute atomic E-state index is 14.3. The molecule has 8 heteroatoms. The Morgan fingerprint density at radius 1 is 1.14 bits per heavy atom. The fourth-order valence-corrected chi connectivity index (χ4v) is 3.66. The van der Waals surface area contributed by atoms with E-state index in [0.29, 0.717) is 35.2 Å². The summed E-state index contributed by atoms with van der Waals surface area (Å²) in [7, 11) is 0. The molecule has 1 unspecified atom stereocenters. The van der Waals surface area contributed by atoms with Crippen molar-refractivity contribution in [2.75, 3.05) is 6.54 Å².